The molecule has 0 atom stereocenters. The zero-order chi connectivity index (χ0) is 10.8. The monoisotopic (exact) mass is 242 g/mol. The first-order valence-corrected chi connectivity index (χ1v) is 4.36. The Kier molecular flexibility index (Phi) is 6.51. The van der Waals surface area contributed by atoms with Gasteiger partial charge in [0.15, 0.2) is 0 Å². The van der Waals surface area contributed by atoms with E-state index in [1.165, 1.54) is 12.1 Å². The average Bonchev–Trinajstić information content (AvgIpc) is 2.01. The third kappa shape index (κ3) is 5.40. The van der Waals surface area contributed by atoms with Crippen LogP contribution in [-0.4, -0.2) is 13.1 Å². The van der Waals surface area contributed by atoms with Gasteiger partial charge in [0, 0.05) is 0 Å². The number of hydrogen-bond acceptors (Lipinski definition) is 1. The van der Waals surface area contributed by atoms with Gasteiger partial charge in [-0.25, -0.2) is 0 Å². The average molecular weight is 242 g/mol. The fraction of sp³-hybridized carbons (Fsp3) is 0.333. The summed E-state index contributed by atoms with van der Waals surface area (Å²) >= 11 is 0. The van der Waals surface area contributed by atoms with E-state index in [-0.39, 0.29) is 63.2 Å². The quantitative estimate of drug-likeness (QED) is 0.651. The fourth-order valence-electron chi connectivity index (χ4n) is 1.06. The van der Waals surface area contributed by atoms with E-state index in [1.807, 2.05) is 0 Å². The maximum absolute atomic E-state index is 12.3. The largest absolute Gasteiger partial charge is 1.00 e. The van der Waals surface area contributed by atoms with Crippen LogP contribution in [0.2, 0.25) is 0 Å². The Bertz CT molecular complexity index is 314. The van der Waals surface area contributed by atoms with Crippen LogP contribution in [0.4, 0.5) is 12.9 Å². The van der Waals surface area contributed by atoms with Gasteiger partial charge in [-0.2, -0.15) is 0 Å². The summed E-state index contributed by atoms with van der Waals surface area (Å²) in [6.45, 7) is -1.39. The van der Waals surface area contributed by atoms with E-state index in [0.29, 0.717) is 0 Å². The summed E-state index contributed by atoms with van der Waals surface area (Å²) in [4.78, 5) is 0. The SMILES string of the molecule is CC(C)Oc1cccc([B-](F)(F)F)c1.[K+]. The van der Waals surface area contributed by atoms with Gasteiger partial charge in [-0.1, -0.05) is 12.1 Å². The molecule has 78 valence electrons. The summed E-state index contributed by atoms with van der Waals surface area (Å²) < 4.78 is 42.1. The first-order chi connectivity index (χ1) is 6.39. The normalized spacial score (nSPS) is 11.1. The van der Waals surface area contributed by atoms with E-state index < -0.39 is 12.4 Å². The first-order valence-electron chi connectivity index (χ1n) is 4.36. The van der Waals surface area contributed by atoms with Crippen molar-refractivity contribution >= 4 is 12.4 Å². The van der Waals surface area contributed by atoms with Crippen LogP contribution >= 0.6 is 0 Å². The van der Waals surface area contributed by atoms with Crippen molar-refractivity contribution in [2.24, 2.45) is 0 Å². The second-order valence-electron chi connectivity index (χ2n) is 3.31. The number of hydrogen-bond donors (Lipinski definition) is 0. The smallest absolute Gasteiger partial charge is 0.491 e. The van der Waals surface area contributed by atoms with E-state index in [0.717, 1.165) is 12.1 Å². The molecule has 0 unspecified atom stereocenters. The Morgan fingerprint density at radius 3 is 2.27 bits per heavy atom. The van der Waals surface area contributed by atoms with Gasteiger partial charge >= 0.3 is 58.4 Å². The molecule has 0 aliphatic carbocycles. The Hall–Kier alpha value is 0.511. The molecule has 1 nitrogen and oxygen atoms in total. The van der Waals surface area contributed by atoms with Crippen molar-refractivity contribution < 1.29 is 69.1 Å². The predicted octanol–water partition coefficient (Wildman–Crippen LogP) is -0.468. The van der Waals surface area contributed by atoms with Crippen LogP contribution in [0.3, 0.4) is 0 Å². The molecule has 15 heavy (non-hydrogen) atoms. The van der Waals surface area contributed by atoms with Crippen LogP contribution in [0.1, 0.15) is 13.8 Å². The molecular weight excluding hydrogens is 231 g/mol. The standard InChI is InChI=1S/C9H11BF3O.K/c1-7(2)14-9-5-3-4-8(6-9)10(11,12)13;/h3-7H,1-2H3;/q-1;+1. The molecule has 0 saturated carbocycles. The van der Waals surface area contributed by atoms with E-state index in [2.05, 4.69) is 0 Å². The number of halogens is 3. The van der Waals surface area contributed by atoms with Crippen molar-refractivity contribution in [2.75, 3.05) is 0 Å². The van der Waals surface area contributed by atoms with Crippen LogP contribution in [0, 0.1) is 0 Å². The van der Waals surface area contributed by atoms with Crippen molar-refractivity contribution in [2.45, 2.75) is 20.0 Å². The molecule has 6 heteroatoms. The molecule has 1 rings (SSSR count). The summed E-state index contributed by atoms with van der Waals surface area (Å²) in [5.74, 6) is 0.261. The van der Waals surface area contributed by atoms with Crippen LogP contribution in [0.25, 0.3) is 0 Å². The maximum Gasteiger partial charge on any atom is 1.00 e. The molecule has 0 fully saturated rings. The van der Waals surface area contributed by atoms with Crippen molar-refractivity contribution in [1.29, 1.82) is 0 Å². The Morgan fingerprint density at radius 1 is 1.20 bits per heavy atom. The fourth-order valence-corrected chi connectivity index (χ4v) is 1.06. The van der Waals surface area contributed by atoms with Crippen LogP contribution in [0.5, 0.6) is 5.75 Å². The number of rotatable bonds is 3. The molecule has 1 aromatic carbocycles. The zero-order valence-corrected chi connectivity index (χ0v) is 12.1. The van der Waals surface area contributed by atoms with Gasteiger partial charge in [-0.3, -0.25) is 0 Å². The van der Waals surface area contributed by atoms with E-state index in [1.54, 1.807) is 13.8 Å². The second kappa shape index (κ2) is 6.30. The first kappa shape index (κ1) is 15.5. The molecular formula is C9H11BF3KO. The van der Waals surface area contributed by atoms with Gasteiger partial charge < -0.3 is 17.7 Å². The van der Waals surface area contributed by atoms with Gasteiger partial charge in [-0.15, -0.1) is 5.46 Å². The van der Waals surface area contributed by atoms with Crippen molar-refractivity contribution in [1.82, 2.24) is 0 Å². The van der Waals surface area contributed by atoms with Crippen LogP contribution in [-0.2, 0) is 0 Å². The second-order valence-corrected chi connectivity index (χ2v) is 3.31. The van der Waals surface area contributed by atoms with Gasteiger partial charge in [0.25, 0.3) is 0 Å². The third-order valence-corrected chi connectivity index (χ3v) is 1.61. The maximum atomic E-state index is 12.3. The topological polar surface area (TPSA) is 9.23 Å². The van der Waals surface area contributed by atoms with Crippen molar-refractivity contribution in [3.63, 3.8) is 0 Å². The minimum Gasteiger partial charge on any atom is -0.491 e. The molecule has 0 heterocycles. The molecule has 0 spiro atoms. The summed E-state index contributed by atoms with van der Waals surface area (Å²) in [5.41, 5.74) is -0.622. The molecule has 0 aliphatic heterocycles. The van der Waals surface area contributed by atoms with Crippen molar-refractivity contribution in [3.05, 3.63) is 24.3 Å². The number of benzene rings is 1. The molecule has 0 amide bonds. The summed E-state index contributed by atoms with van der Waals surface area (Å²) in [6, 6.07) is 4.95. The molecule has 0 N–H and O–H groups in total. The van der Waals surface area contributed by atoms with Gasteiger partial charge in [-0.05, 0) is 26.0 Å². The summed E-state index contributed by atoms with van der Waals surface area (Å²) in [7, 11) is 0. The van der Waals surface area contributed by atoms with Crippen molar-refractivity contribution in [3.8, 4) is 5.75 Å². The Balaban J connectivity index is 0.00000196. The minimum absolute atomic E-state index is 0. The minimum atomic E-state index is -4.93. The Labute approximate surface area is 130 Å². The van der Waals surface area contributed by atoms with E-state index >= 15 is 0 Å². The predicted molar refractivity (Wildman–Crippen MR) is 50.9 cm³/mol. The molecule has 0 saturated heterocycles. The van der Waals surface area contributed by atoms with E-state index in [9.17, 15) is 12.9 Å². The van der Waals surface area contributed by atoms with Crippen LogP contribution < -0.4 is 61.6 Å². The van der Waals surface area contributed by atoms with Gasteiger partial charge in [0.05, 0.1) is 6.10 Å². The van der Waals surface area contributed by atoms with Gasteiger partial charge in [0.1, 0.15) is 5.75 Å². The van der Waals surface area contributed by atoms with E-state index in [4.69, 9.17) is 4.74 Å². The number of ether oxygens (including phenoxy) is 1. The Morgan fingerprint density at radius 2 is 1.80 bits per heavy atom. The zero-order valence-electron chi connectivity index (χ0n) is 9.01. The van der Waals surface area contributed by atoms with Gasteiger partial charge in [0.2, 0.25) is 0 Å². The molecule has 1 aromatic rings. The third-order valence-electron chi connectivity index (χ3n) is 1.61. The molecule has 0 radical (unpaired) electrons. The summed E-state index contributed by atoms with van der Waals surface area (Å²) in [5, 5.41) is 0. The van der Waals surface area contributed by atoms with Crippen LogP contribution in [0.15, 0.2) is 24.3 Å². The molecule has 0 bridgehead atoms. The molecule has 0 aliphatic rings. The molecule has 0 aromatic heterocycles. The summed E-state index contributed by atoms with van der Waals surface area (Å²) in [6.07, 6.45) is -0.119.